The molecule has 1 N–H and O–H groups in total. The topological polar surface area (TPSA) is 54.9 Å². The Labute approximate surface area is 89.1 Å². The molecule has 15 heavy (non-hydrogen) atoms. The van der Waals surface area contributed by atoms with Gasteiger partial charge in [-0.05, 0) is 12.8 Å². The first-order valence-corrected chi connectivity index (χ1v) is 5.39. The summed E-state index contributed by atoms with van der Waals surface area (Å²) in [5.41, 5.74) is 0.447. The van der Waals surface area contributed by atoms with Gasteiger partial charge < -0.3 is 5.32 Å². The molecule has 0 unspecified atom stereocenters. The van der Waals surface area contributed by atoms with Crippen LogP contribution in [0.2, 0.25) is 0 Å². The van der Waals surface area contributed by atoms with Crippen molar-refractivity contribution in [1.29, 1.82) is 0 Å². The zero-order valence-electron chi connectivity index (χ0n) is 8.65. The zero-order chi connectivity index (χ0) is 10.5. The van der Waals surface area contributed by atoms with E-state index >= 15 is 0 Å². The molecule has 1 heterocycles. The largest absolute Gasteiger partial charge is 0.307 e. The van der Waals surface area contributed by atoms with Crippen molar-refractivity contribution < 1.29 is 4.79 Å². The number of hydrogen-bond acceptors (Lipinski definition) is 4. The van der Waals surface area contributed by atoms with Crippen LogP contribution in [0.15, 0.2) is 18.6 Å². The molecule has 0 amide bonds. The predicted molar refractivity (Wildman–Crippen MR) is 56.6 cm³/mol. The summed E-state index contributed by atoms with van der Waals surface area (Å²) in [5.74, 6) is 0.0231. The van der Waals surface area contributed by atoms with Gasteiger partial charge in [-0.1, -0.05) is 12.8 Å². The van der Waals surface area contributed by atoms with Crippen molar-refractivity contribution in [2.45, 2.75) is 31.7 Å². The molecule has 80 valence electrons. The van der Waals surface area contributed by atoms with Crippen LogP contribution >= 0.6 is 0 Å². The lowest BCUT2D eigenvalue weighted by Crippen LogP contribution is -2.31. The second-order valence-electron chi connectivity index (χ2n) is 3.88. The summed E-state index contributed by atoms with van der Waals surface area (Å²) in [4.78, 5) is 19.5. The number of carbonyl (C=O) groups is 1. The molecule has 0 radical (unpaired) electrons. The van der Waals surface area contributed by atoms with Gasteiger partial charge in [0, 0.05) is 18.4 Å². The fourth-order valence-corrected chi connectivity index (χ4v) is 1.90. The van der Waals surface area contributed by atoms with E-state index in [9.17, 15) is 4.79 Å². The van der Waals surface area contributed by atoms with Gasteiger partial charge in [0.05, 0.1) is 12.7 Å². The lowest BCUT2D eigenvalue weighted by atomic mass is 10.2. The highest BCUT2D eigenvalue weighted by Gasteiger charge is 2.16. The van der Waals surface area contributed by atoms with Crippen LogP contribution in [-0.2, 0) is 0 Å². The van der Waals surface area contributed by atoms with Gasteiger partial charge >= 0.3 is 0 Å². The minimum Gasteiger partial charge on any atom is -0.307 e. The lowest BCUT2D eigenvalue weighted by molar-refractivity contribution is 0.0982. The summed E-state index contributed by atoms with van der Waals surface area (Å²) < 4.78 is 0. The zero-order valence-corrected chi connectivity index (χ0v) is 8.65. The van der Waals surface area contributed by atoms with Gasteiger partial charge in [0.2, 0.25) is 0 Å². The maximum Gasteiger partial charge on any atom is 0.196 e. The standard InChI is InChI=1S/C11H15N3O/c15-11(10-7-12-5-6-13-10)8-14-9-3-1-2-4-9/h5-7,9,14H,1-4,8H2. The van der Waals surface area contributed by atoms with Crippen LogP contribution in [0.4, 0.5) is 0 Å². The van der Waals surface area contributed by atoms with Gasteiger partial charge in [-0.3, -0.25) is 9.78 Å². The Morgan fingerprint density at radius 2 is 2.20 bits per heavy atom. The van der Waals surface area contributed by atoms with Crippen LogP contribution in [0.5, 0.6) is 0 Å². The van der Waals surface area contributed by atoms with Crippen molar-refractivity contribution in [2.75, 3.05) is 6.54 Å². The fraction of sp³-hybridized carbons (Fsp3) is 0.545. The third-order valence-corrected chi connectivity index (χ3v) is 2.76. The maximum atomic E-state index is 11.6. The summed E-state index contributed by atoms with van der Waals surface area (Å²) in [6, 6.07) is 0.519. The lowest BCUT2D eigenvalue weighted by Gasteiger charge is -2.09. The Bertz CT molecular complexity index is 320. The minimum atomic E-state index is 0.0231. The summed E-state index contributed by atoms with van der Waals surface area (Å²) in [6.45, 7) is 0.378. The van der Waals surface area contributed by atoms with E-state index in [1.807, 2.05) is 0 Å². The van der Waals surface area contributed by atoms with E-state index in [4.69, 9.17) is 0 Å². The van der Waals surface area contributed by atoms with E-state index in [2.05, 4.69) is 15.3 Å². The quantitative estimate of drug-likeness (QED) is 0.750. The molecule has 0 saturated heterocycles. The van der Waals surface area contributed by atoms with Crippen LogP contribution in [0.3, 0.4) is 0 Å². The van der Waals surface area contributed by atoms with E-state index in [0.717, 1.165) is 0 Å². The smallest absolute Gasteiger partial charge is 0.196 e. The SMILES string of the molecule is O=C(CNC1CCCC1)c1cnccn1. The maximum absolute atomic E-state index is 11.6. The number of nitrogens with zero attached hydrogens (tertiary/aromatic N) is 2. The van der Waals surface area contributed by atoms with Gasteiger partial charge in [0.15, 0.2) is 5.78 Å². The van der Waals surface area contributed by atoms with Crippen molar-refractivity contribution in [3.05, 3.63) is 24.3 Å². The van der Waals surface area contributed by atoms with Crippen LogP contribution in [0.25, 0.3) is 0 Å². The van der Waals surface area contributed by atoms with Crippen molar-refractivity contribution in [2.24, 2.45) is 0 Å². The molecule has 1 aromatic heterocycles. The summed E-state index contributed by atoms with van der Waals surface area (Å²) in [5, 5.41) is 3.26. The first kappa shape index (κ1) is 10.2. The molecular formula is C11H15N3O. The van der Waals surface area contributed by atoms with Gasteiger partial charge in [-0.25, -0.2) is 4.98 Å². The molecule has 0 bridgehead atoms. The number of Topliss-reactive ketones (excluding diaryl/α,β-unsaturated/α-hetero) is 1. The second kappa shape index (κ2) is 4.98. The Morgan fingerprint density at radius 3 is 2.87 bits per heavy atom. The van der Waals surface area contributed by atoms with Gasteiger partial charge in [0.25, 0.3) is 0 Å². The molecule has 1 saturated carbocycles. The second-order valence-corrected chi connectivity index (χ2v) is 3.88. The highest BCUT2D eigenvalue weighted by Crippen LogP contribution is 2.17. The van der Waals surface area contributed by atoms with E-state index in [1.54, 1.807) is 12.4 Å². The van der Waals surface area contributed by atoms with Crippen molar-refractivity contribution in [3.8, 4) is 0 Å². The van der Waals surface area contributed by atoms with Crippen LogP contribution in [-0.4, -0.2) is 28.3 Å². The molecule has 0 aliphatic heterocycles. The average Bonchev–Trinajstić information content (AvgIpc) is 2.80. The molecule has 0 spiro atoms. The Morgan fingerprint density at radius 1 is 1.40 bits per heavy atom. The monoisotopic (exact) mass is 205 g/mol. The van der Waals surface area contributed by atoms with E-state index in [1.165, 1.54) is 31.9 Å². The fourth-order valence-electron chi connectivity index (χ4n) is 1.90. The summed E-state index contributed by atoms with van der Waals surface area (Å²) >= 11 is 0. The number of nitrogens with one attached hydrogen (secondary N) is 1. The van der Waals surface area contributed by atoms with Crippen molar-refractivity contribution in [3.63, 3.8) is 0 Å². The molecule has 4 nitrogen and oxygen atoms in total. The van der Waals surface area contributed by atoms with Gasteiger partial charge in [-0.15, -0.1) is 0 Å². The molecular weight excluding hydrogens is 190 g/mol. The van der Waals surface area contributed by atoms with Crippen molar-refractivity contribution in [1.82, 2.24) is 15.3 Å². The third kappa shape index (κ3) is 2.83. The average molecular weight is 205 g/mol. The number of aromatic nitrogens is 2. The molecule has 4 heteroatoms. The summed E-state index contributed by atoms with van der Waals surface area (Å²) in [6.07, 6.45) is 9.55. The molecule has 1 aromatic rings. The predicted octanol–water partition coefficient (Wildman–Crippen LogP) is 1.19. The van der Waals surface area contributed by atoms with Gasteiger partial charge in [0.1, 0.15) is 5.69 Å². The third-order valence-electron chi connectivity index (χ3n) is 2.76. The van der Waals surface area contributed by atoms with Crippen LogP contribution < -0.4 is 5.32 Å². The normalized spacial score (nSPS) is 16.8. The van der Waals surface area contributed by atoms with E-state index < -0.39 is 0 Å². The summed E-state index contributed by atoms with van der Waals surface area (Å²) in [7, 11) is 0. The highest BCUT2D eigenvalue weighted by atomic mass is 16.1. The molecule has 0 aromatic carbocycles. The molecule has 1 fully saturated rings. The Balaban J connectivity index is 1.82. The minimum absolute atomic E-state index is 0.0231. The first-order valence-electron chi connectivity index (χ1n) is 5.39. The molecule has 1 aliphatic carbocycles. The Kier molecular flexibility index (Phi) is 3.40. The molecule has 0 atom stereocenters. The van der Waals surface area contributed by atoms with Gasteiger partial charge in [-0.2, -0.15) is 0 Å². The molecule has 2 rings (SSSR count). The number of carbonyl (C=O) groups excluding carboxylic acids is 1. The van der Waals surface area contributed by atoms with E-state index in [0.29, 0.717) is 18.3 Å². The van der Waals surface area contributed by atoms with Crippen LogP contribution in [0.1, 0.15) is 36.2 Å². The van der Waals surface area contributed by atoms with Crippen molar-refractivity contribution >= 4 is 5.78 Å². The van der Waals surface area contributed by atoms with Crippen LogP contribution in [0, 0.1) is 0 Å². The first-order chi connectivity index (χ1) is 7.36. The molecule has 1 aliphatic rings. The Hall–Kier alpha value is -1.29. The number of hydrogen-bond donors (Lipinski definition) is 1. The number of ketones is 1. The number of rotatable bonds is 4. The highest BCUT2D eigenvalue weighted by molar-refractivity contribution is 5.95. The van der Waals surface area contributed by atoms with E-state index in [-0.39, 0.29) is 5.78 Å².